The Balaban J connectivity index is 2.21. The molecule has 1 amide bonds. The molecule has 2 N–H and O–H groups in total. The molecule has 2 atom stereocenters. The SMILES string of the molecule is CC[C@H](C)[C@H](NC(=O)CCCOCc1ccccc1)C(=O)O. The molecule has 0 aliphatic rings. The molecule has 0 aliphatic heterocycles. The number of carboxylic acids is 1. The molecule has 0 saturated carbocycles. The number of carbonyl (C=O) groups excluding carboxylic acids is 1. The second kappa shape index (κ2) is 9.95. The molecule has 0 fully saturated rings. The Labute approximate surface area is 131 Å². The molecule has 0 saturated heterocycles. The van der Waals surface area contributed by atoms with E-state index >= 15 is 0 Å². The van der Waals surface area contributed by atoms with Gasteiger partial charge in [-0.1, -0.05) is 50.6 Å². The van der Waals surface area contributed by atoms with Crippen LogP contribution in [0.25, 0.3) is 0 Å². The fraction of sp³-hybridized carbons (Fsp3) is 0.529. The van der Waals surface area contributed by atoms with Gasteiger partial charge in [0.15, 0.2) is 0 Å². The maximum atomic E-state index is 11.8. The summed E-state index contributed by atoms with van der Waals surface area (Å²) in [7, 11) is 0. The van der Waals surface area contributed by atoms with Gasteiger partial charge in [0.25, 0.3) is 0 Å². The molecule has 1 aromatic carbocycles. The van der Waals surface area contributed by atoms with E-state index in [-0.39, 0.29) is 18.2 Å². The smallest absolute Gasteiger partial charge is 0.326 e. The van der Waals surface area contributed by atoms with Gasteiger partial charge in [0.2, 0.25) is 5.91 Å². The first-order valence-corrected chi connectivity index (χ1v) is 7.68. The molecular formula is C17H25NO4. The third-order valence-electron chi connectivity index (χ3n) is 3.60. The minimum atomic E-state index is -0.983. The summed E-state index contributed by atoms with van der Waals surface area (Å²) in [6.45, 7) is 4.72. The maximum absolute atomic E-state index is 11.8. The molecule has 122 valence electrons. The van der Waals surface area contributed by atoms with Crippen LogP contribution in [0.3, 0.4) is 0 Å². The van der Waals surface area contributed by atoms with Gasteiger partial charge in [-0.15, -0.1) is 0 Å². The summed E-state index contributed by atoms with van der Waals surface area (Å²) < 4.78 is 5.49. The van der Waals surface area contributed by atoms with Crippen molar-refractivity contribution in [3.05, 3.63) is 35.9 Å². The molecule has 0 spiro atoms. The van der Waals surface area contributed by atoms with E-state index in [1.165, 1.54) is 0 Å². The van der Waals surface area contributed by atoms with Crippen molar-refractivity contribution in [3.63, 3.8) is 0 Å². The Bertz CT molecular complexity index is 461. The van der Waals surface area contributed by atoms with Crippen LogP contribution in [0.1, 0.15) is 38.7 Å². The minimum absolute atomic E-state index is 0.0872. The summed E-state index contributed by atoms with van der Waals surface area (Å²) in [5.41, 5.74) is 1.09. The van der Waals surface area contributed by atoms with Gasteiger partial charge >= 0.3 is 5.97 Å². The fourth-order valence-electron chi connectivity index (χ4n) is 2.03. The highest BCUT2D eigenvalue weighted by molar-refractivity contribution is 5.83. The summed E-state index contributed by atoms with van der Waals surface area (Å²) in [6, 6.07) is 9.00. The topological polar surface area (TPSA) is 75.6 Å². The number of carboxylic acid groups (broad SMARTS) is 1. The van der Waals surface area contributed by atoms with Crippen LogP contribution in [-0.2, 0) is 20.9 Å². The first kappa shape index (κ1) is 18.2. The predicted octanol–water partition coefficient (Wildman–Crippen LogP) is 2.60. The highest BCUT2D eigenvalue weighted by atomic mass is 16.5. The Morgan fingerprint density at radius 3 is 2.55 bits per heavy atom. The van der Waals surface area contributed by atoms with E-state index in [0.29, 0.717) is 26.1 Å². The van der Waals surface area contributed by atoms with Crippen molar-refractivity contribution < 1.29 is 19.4 Å². The number of nitrogens with one attached hydrogen (secondary N) is 1. The van der Waals surface area contributed by atoms with E-state index in [1.54, 1.807) is 0 Å². The normalized spacial score (nSPS) is 13.4. The molecule has 5 nitrogen and oxygen atoms in total. The van der Waals surface area contributed by atoms with E-state index in [0.717, 1.165) is 5.56 Å². The Kier molecular flexibility index (Phi) is 8.22. The van der Waals surface area contributed by atoms with Crippen LogP contribution in [0.15, 0.2) is 30.3 Å². The van der Waals surface area contributed by atoms with E-state index < -0.39 is 12.0 Å². The third kappa shape index (κ3) is 6.72. The van der Waals surface area contributed by atoms with Gasteiger partial charge in [0.05, 0.1) is 6.61 Å². The summed E-state index contributed by atoms with van der Waals surface area (Å²) >= 11 is 0. The van der Waals surface area contributed by atoms with Crippen LogP contribution in [0.4, 0.5) is 0 Å². The van der Waals surface area contributed by atoms with E-state index in [4.69, 9.17) is 9.84 Å². The van der Waals surface area contributed by atoms with E-state index in [1.807, 2.05) is 44.2 Å². The molecule has 0 bridgehead atoms. The van der Waals surface area contributed by atoms with Crippen molar-refractivity contribution in [1.82, 2.24) is 5.32 Å². The molecule has 0 aromatic heterocycles. The number of ether oxygens (including phenoxy) is 1. The lowest BCUT2D eigenvalue weighted by Crippen LogP contribution is -2.45. The van der Waals surface area contributed by atoms with Crippen LogP contribution < -0.4 is 5.32 Å². The van der Waals surface area contributed by atoms with Crippen LogP contribution in [0.5, 0.6) is 0 Å². The molecule has 1 rings (SSSR count). The number of hydrogen-bond acceptors (Lipinski definition) is 3. The monoisotopic (exact) mass is 307 g/mol. The van der Waals surface area contributed by atoms with Gasteiger partial charge in [-0.25, -0.2) is 4.79 Å². The van der Waals surface area contributed by atoms with Crippen molar-refractivity contribution >= 4 is 11.9 Å². The Hall–Kier alpha value is -1.88. The van der Waals surface area contributed by atoms with E-state index in [9.17, 15) is 9.59 Å². The lowest BCUT2D eigenvalue weighted by Gasteiger charge is -2.20. The van der Waals surface area contributed by atoms with Crippen LogP contribution in [0, 0.1) is 5.92 Å². The number of amides is 1. The fourth-order valence-corrected chi connectivity index (χ4v) is 2.03. The van der Waals surface area contributed by atoms with Gasteiger partial charge in [0, 0.05) is 13.0 Å². The summed E-state index contributed by atoms with van der Waals surface area (Å²) in [4.78, 5) is 22.9. The summed E-state index contributed by atoms with van der Waals surface area (Å²) in [6.07, 6.45) is 1.55. The van der Waals surface area contributed by atoms with Crippen molar-refractivity contribution in [1.29, 1.82) is 0 Å². The highest BCUT2D eigenvalue weighted by Gasteiger charge is 2.24. The third-order valence-corrected chi connectivity index (χ3v) is 3.60. The molecule has 0 aliphatic carbocycles. The molecule has 0 heterocycles. The molecular weight excluding hydrogens is 282 g/mol. The standard InChI is InChI=1S/C17H25NO4/c1-3-13(2)16(17(20)21)18-15(19)10-7-11-22-12-14-8-5-4-6-9-14/h4-6,8-9,13,16H,3,7,10-12H2,1-2H3,(H,18,19)(H,20,21)/t13-,16-/m0/s1. The van der Waals surface area contributed by atoms with Gasteiger partial charge in [-0.05, 0) is 17.9 Å². The van der Waals surface area contributed by atoms with Gasteiger partial charge in [0.1, 0.15) is 6.04 Å². The first-order valence-electron chi connectivity index (χ1n) is 7.68. The zero-order valence-corrected chi connectivity index (χ0v) is 13.2. The van der Waals surface area contributed by atoms with Crippen molar-refractivity contribution in [2.24, 2.45) is 5.92 Å². The average molecular weight is 307 g/mol. The zero-order chi connectivity index (χ0) is 16.4. The number of benzene rings is 1. The van der Waals surface area contributed by atoms with Gasteiger partial charge in [-0.3, -0.25) is 4.79 Å². The Morgan fingerprint density at radius 2 is 1.95 bits per heavy atom. The lowest BCUT2D eigenvalue weighted by atomic mass is 9.99. The number of hydrogen-bond donors (Lipinski definition) is 2. The molecule has 5 heteroatoms. The largest absolute Gasteiger partial charge is 0.480 e. The van der Waals surface area contributed by atoms with Crippen LogP contribution in [0.2, 0.25) is 0 Å². The molecule has 0 radical (unpaired) electrons. The van der Waals surface area contributed by atoms with Gasteiger partial charge < -0.3 is 15.2 Å². The summed E-state index contributed by atoms with van der Waals surface area (Å²) in [5.74, 6) is -1.31. The zero-order valence-electron chi connectivity index (χ0n) is 13.2. The molecule has 1 aromatic rings. The van der Waals surface area contributed by atoms with Crippen molar-refractivity contribution in [3.8, 4) is 0 Å². The number of carbonyl (C=O) groups is 2. The number of rotatable bonds is 10. The van der Waals surface area contributed by atoms with Crippen LogP contribution >= 0.6 is 0 Å². The molecule has 22 heavy (non-hydrogen) atoms. The van der Waals surface area contributed by atoms with Crippen LogP contribution in [-0.4, -0.2) is 29.6 Å². The second-order valence-corrected chi connectivity index (χ2v) is 5.41. The minimum Gasteiger partial charge on any atom is -0.480 e. The van der Waals surface area contributed by atoms with Crippen molar-refractivity contribution in [2.75, 3.05) is 6.61 Å². The average Bonchev–Trinajstić information content (AvgIpc) is 2.52. The maximum Gasteiger partial charge on any atom is 0.326 e. The highest BCUT2D eigenvalue weighted by Crippen LogP contribution is 2.08. The quantitative estimate of drug-likeness (QED) is 0.652. The molecule has 0 unspecified atom stereocenters. The predicted molar refractivity (Wildman–Crippen MR) is 84.4 cm³/mol. The Morgan fingerprint density at radius 1 is 1.27 bits per heavy atom. The second-order valence-electron chi connectivity index (χ2n) is 5.41. The lowest BCUT2D eigenvalue weighted by molar-refractivity contribution is -0.143. The van der Waals surface area contributed by atoms with E-state index in [2.05, 4.69) is 5.32 Å². The first-order chi connectivity index (χ1) is 10.5. The van der Waals surface area contributed by atoms with Gasteiger partial charge in [-0.2, -0.15) is 0 Å². The summed E-state index contributed by atoms with van der Waals surface area (Å²) in [5, 5.41) is 11.7. The van der Waals surface area contributed by atoms with Crippen molar-refractivity contribution in [2.45, 2.75) is 45.8 Å². The number of aliphatic carboxylic acids is 1.